The van der Waals surface area contributed by atoms with Crippen molar-refractivity contribution in [3.63, 3.8) is 0 Å². The van der Waals surface area contributed by atoms with Crippen LogP contribution in [0.3, 0.4) is 0 Å². The third kappa shape index (κ3) is 3.67. The molecule has 2 rings (SSSR count). The second kappa shape index (κ2) is 6.99. The fraction of sp³-hybridized carbons (Fsp3) is 0.364. The number of nitrogens with zero attached hydrogens (tertiary/aromatic N) is 5. The van der Waals surface area contributed by atoms with E-state index in [2.05, 4.69) is 15.5 Å². The van der Waals surface area contributed by atoms with Gasteiger partial charge in [-0.05, 0) is 22.1 Å². The lowest BCUT2D eigenvalue weighted by atomic mass is 10.2. The van der Waals surface area contributed by atoms with E-state index in [0.717, 1.165) is 5.56 Å². The van der Waals surface area contributed by atoms with E-state index in [9.17, 15) is 10.1 Å². The van der Waals surface area contributed by atoms with Gasteiger partial charge in [0.05, 0.1) is 18.6 Å². The topological polar surface area (TPSA) is 122 Å². The Morgan fingerprint density at radius 1 is 1.52 bits per heavy atom. The molecule has 0 saturated heterocycles. The van der Waals surface area contributed by atoms with Gasteiger partial charge < -0.3 is 10.5 Å². The Morgan fingerprint density at radius 2 is 2.33 bits per heavy atom. The van der Waals surface area contributed by atoms with E-state index in [4.69, 9.17) is 10.5 Å². The Hall–Kier alpha value is -2.20. The standard InChI is InChI=1S/C11H14N6O3S/c1-20-10-3-2-8(6-9(10)17(18)19)7-21-11-13-14-15-16(11)5-4-12/h2-3,6H,4-5,7,12H2,1H3. The first-order chi connectivity index (χ1) is 10.2. The highest BCUT2D eigenvalue weighted by molar-refractivity contribution is 7.98. The number of methoxy groups -OCH3 is 1. The first kappa shape index (κ1) is 15.2. The minimum atomic E-state index is -0.467. The zero-order valence-corrected chi connectivity index (χ0v) is 12.1. The molecule has 1 heterocycles. The monoisotopic (exact) mass is 310 g/mol. The summed E-state index contributed by atoms with van der Waals surface area (Å²) in [6, 6.07) is 4.84. The Morgan fingerprint density at radius 3 is 3.00 bits per heavy atom. The van der Waals surface area contributed by atoms with E-state index in [1.807, 2.05) is 0 Å². The fourth-order valence-corrected chi connectivity index (χ4v) is 2.52. The number of nitrogens with two attached hydrogens (primary N) is 1. The van der Waals surface area contributed by atoms with Crippen LogP contribution < -0.4 is 10.5 Å². The van der Waals surface area contributed by atoms with Crippen LogP contribution in [0.5, 0.6) is 5.75 Å². The van der Waals surface area contributed by atoms with Crippen LogP contribution in [0.25, 0.3) is 0 Å². The van der Waals surface area contributed by atoms with E-state index in [-0.39, 0.29) is 11.4 Å². The van der Waals surface area contributed by atoms with Crippen molar-refractivity contribution in [1.29, 1.82) is 0 Å². The number of thioether (sulfide) groups is 1. The smallest absolute Gasteiger partial charge is 0.311 e. The highest BCUT2D eigenvalue weighted by Crippen LogP contribution is 2.30. The molecule has 0 amide bonds. The largest absolute Gasteiger partial charge is 0.490 e. The molecular weight excluding hydrogens is 296 g/mol. The maximum Gasteiger partial charge on any atom is 0.311 e. The number of hydrogen-bond acceptors (Lipinski definition) is 8. The lowest BCUT2D eigenvalue weighted by Crippen LogP contribution is -2.12. The summed E-state index contributed by atoms with van der Waals surface area (Å²) in [6.07, 6.45) is 0. The molecule has 0 aliphatic carbocycles. The number of rotatable bonds is 7. The average Bonchev–Trinajstić information content (AvgIpc) is 2.92. The summed E-state index contributed by atoms with van der Waals surface area (Å²) in [4.78, 5) is 10.5. The second-order valence-electron chi connectivity index (χ2n) is 4.03. The highest BCUT2D eigenvalue weighted by Gasteiger charge is 2.15. The van der Waals surface area contributed by atoms with Gasteiger partial charge in [0.15, 0.2) is 5.75 Å². The molecule has 0 radical (unpaired) electrons. The maximum absolute atomic E-state index is 11.0. The molecule has 21 heavy (non-hydrogen) atoms. The van der Waals surface area contributed by atoms with Gasteiger partial charge in [0.2, 0.25) is 5.16 Å². The van der Waals surface area contributed by atoms with Gasteiger partial charge in [-0.25, -0.2) is 4.68 Å². The van der Waals surface area contributed by atoms with Gasteiger partial charge in [0.1, 0.15) is 0 Å². The van der Waals surface area contributed by atoms with E-state index in [1.54, 1.807) is 16.8 Å². The van der Waals surface area contributed by atoms with Gasteiger partial charge in [-0.2, -0.15) is 0 Å². The van der Waals surface area contributed by atoms with Crippen molar-refractivity contribution in [1.82, 2.24) is 20.2 Å². The molecule has 0 fully saturated rings. The normalized spacial score (nSPS) is 10.6. The summed E-state index contributed by atoms with van der Waals surface area (Å²) in [7, 11) is 1.40. The minimum Gasteiger partial charge on any atom is -0.490 e. The van der Waals surface area contributed by atoms with Crippen LogP contribution in [-0.2, 0) is 12.3 Å². The summed E-state index contributed by atoms with van der Waals surface area (Å²) in [6.45, 7) is 0.963. The number of hydrogen-bond donors (Lipinski definition) is 1. The Balaban J connectivity index is 2.11. The third-order valence-electron chi connectivity index (χ3n) is 2.65. The summed E-state index contributed by atoms with van der Waals surface area (Å²) >= 11 is 1.39. The number of tetrazole rings is 1. The molecule has 0 aliphatic heterocycles. The van der Waals surface area contributed by atoms with Crippen molar-refractivity contribution >= 4 is 17.4 Å². The predicted molar refractivity (Wildman–Crippen MR) is 76.1 cm³/mol. The van der Waals surface area contributed by atoms with E-state index in [1.165, 1.54) is 24.9 Å². The molecule has 0 atom stereocenters. The van der Waals surface area contributed by atoms with Crippen LogP contribution in [0.4, 0.5) is 5.69 Å². The second-order valence-corrected chi connectivity index (χ2v) is 4.97. The molecule has 1 aromatic carbocycles. The van der Waals surface area contributed by atoms with Gasteiger partial charge in [-0.15, -0.1) is 5.10 Å². The van der Waals surface area contributed by atoms with Crippen LogP contribution in [-0.4, -0.2) is 38.8 Å². The quantitative estimate of drug-likeness (QED) is 0.453. The number of aromatic nitrogens is 4. The molecule has 10 heteroatoms. The summed E-state index contributed by atoms with van der Waals surface area (Å²) in [5, 5.41) is 22.9. The fourth-order valence-electron chi connectivity index (χ4n) is 1.68. The van der Waals surface area contributed by atoms with E-state index >= 15 is 0 Å². The van der Waals surface area contributed by atoms with Crippen molar-refractivity contribution in [3.8, 4) is 5.75 Å². The van der Waals surface area contributed by atoms with E-state index < -0.39 is 4.92 Å². The molecule has 2 N–H and O–H groups in total. The molecule has 0 bridgehead atoms. The van der Waals surface area contributed by atoms with Gasteiger partial charge in [0, 0.05) is 18.4 Å². The number of benzene rings is 1. The van der Waals surface area contributed by atoms with Gasteiger partial charge in [-0.3, -0.25) is 10.1 Å². The van der Waals surface area contributed by atoms with Gasteiger partial charge >= 0.3 is 5.69 Å². The zero-order valence-electron chi connectivity index (χ0n) is 11.3. The number of ether oxygens (including phenoxy) is 1. The number of nitro benzene ring substituents is 1. The van der Waals surface area contributed by atoms with Crippen LogP contribution in [0.2, 0.25) is 0 Å². The van der Waals surface area contributed by atoms with E-state index in [0.29, 0.717) is 24.0 Å². The molecular formula is C11H14N6O3S. The third-order valence-corrected chi connectivity index (χ3v) is 3.68. The average molecular weight is 310 g/mol. The first-order valence-corrected chi connectivity index (χ1v) is 7.04. The Labute approximate surface area is 124 Å². The van der Waals surface area contributed by atoms with Crippen LogP contribution >= 0.6 is 11.8 Å². The maximum atomic E-state index is 11.0. The Bertz CT molecular complexity index is 632. The van der Waals surface area contributed by atoms with Crippen molar-refractivity contribution in [3.05, 3.63) is 33.9 Å². The Kier molecular flexibility index (Phi) is 5.06. The first-order valence-electron chi connectivity index (χ1n) is 6.06. The molecule has 9 nitrogen and oxygen atoms in total. The van der Waals surface area contributed by atoms with Gasteiger partial charge in [-0.1, -0.05) is 17.8 Å². The predicted octanol–water partition coefficient (Wildman–Crippen LogP) is 0.841. The summed E-state index contributed by atoms with van der Waals surface area (Å²) < 4.78 is 6.56. The molecule has 0 aliphatic rings. The van der Waals surface area contributed by atoms with Crippen molar-refractivity contribution in [2.24, 2.45) is 5.73 Å². The molecule has 112 valence electrons. The zero-order chi connectivity index (χ0) is 15.2. The molecule has 0 spiro atoms. The lowest BCUT2D eigenvalue weighted by Gasteiger charge is -2.05. The molecule has 0 unspecified atom stereocenters. The number of nitro groups is 1. The minimum absolute atomic E-state index is 0.0582. The molecule has 1 aromatic heterocycles. The van der Waals surface area contributed by atoms with Crippen molar-refractivity contribution < 1.29 is 9.66 Å². The molecule has 0 saturated carbocycles. The van der Waals surface area contributed by atoms with Gasteiger partial charge in [0.25, 0.3) is 0 Å². The summed E-state index contributed by atoms with van der Waals surface area (Å²) in [5.74, 6) is 0.747. The van der Waals surface area contributed by atoms with Crippen LogP contribution in [0.15, 0.2) is 23.4 Å². The highest BCUT2D eigenvalue weighted by atomic mass is 32.2. The van der Waals surface area contributed by atoms with Crippen molar-refractivity contribution in [2.75, 3.05) is 13.7 Å². The SMILES string of the molecule is COc1ccc(CSc2nnnn2CCN)cc1[N+](=O)[O-]. The lowest BCUT2D eigenvalue weighted by molar-refractivity contribution is -0.385. The molecule has 2 aromatic rings. The van der Waals surface area contributed by atoms with Crippen LogP contribution in [0.1, 0.15) is 5.56 Å². The summed E-state index contributed by atoms with van der Waals surface area (Å²) in [5.41, 5.74) is 6.20. The van der Waals surface area contributed by atoms with Crippen LogP contribution in [0, 0.1) is 10.1 Å². The van der Waals surface area contributed by atoms with Crippen molar-refractivity contribution in [2.45, 2.75) is 17.5 Å².